The van der Waals surface area contributed by atoms with Gasteiger partial charge in [-0.15, -0.1) is 0 Å². The Morgan fingerprint density at radius 2 is 2.20 bits per heavy atom. The van der Waals surface area contributed by atoms with Crippen LogP contribution in [0.25, 0.3) is 0 Å². The largest absolute Gasteiger partial charge is 0.375 e. The summed E-state index contributed by atoms with van der Waals surface area (Å²) in [6, 6.07) is 6.81. The van der Waals surface area contributed by atoms with Crippen LogP contribution in [0.5, 0.6) is 0 Å². The first-order valence-electron chi connectivity index (χ1n) is 6.53. The quantitative estimate of drug-likeness (QED) is 0.838. The lowest BCUT2D eigenvalue weighted by molar-refractivity contribution is -0.0124. The Kier molecular flexibility index (Phi) is 4.45. The number of rotatable bonds is 3. The number of benzene rings is 1. The summed E-state index contributed by atoms with van der Waals surface area (Å²) in [5.74, 6) is -0.122. The van der Waals surface area contributed by atoms with Gasteiger partial charge in [0.05, 0.1) is 18.5 Å². The summed E-state index contributed by atoms with van der Waals surface area (Å²) >= 11 is 0. The first-order chi connectivity index (χ1) is 9.35. The van der Waals surface area contributed by atoms with Gasteiger partial charge in [0.15, 0.2) is 9.84 Å². The zero-order valence-corrected chi connectivity index (χ0v) is 12.5. The van der Waals surface area contributed by atoms with Crippen molar-refractivity contribution < 1.29 is 17.9 Å². The molecule has 2 rings (SSSR count). The van der Waals surface area contributed by atoms with Crippen molar-refractivity contribution in [1.82, 2.24) is 4.90 Å². The highest BCUT2D eigenvalue weighted by Gasteiger charge is 2.22. The van der Waals surface area contributed by atoms with E-state index in [1.807, 2.05) is 6.92 Å². The van der Waals surface area contributed by atoms with Crippen molar-refractivity contribution in [3.63, 3.8) is 0 Å². The van der Waals surface area contributed by atoms with Crippen LogP contribution in [0.3, 0.4) is 0 Å². The first-order valence-corrected chi connectivity index (χ1v) is 8.59. The molecule has 110 valence electrons. The Morgan fingerprint density at radius 1 is 1.45 bits per heavy atom. The smallest absolute Gasteiger partial charge is 0.254 e. The summed E-state index contributed by atoms with van der Waals surface area (Å²) in [5, 5.41) is 0. The highest BCUT2D eigenvalue weighted by molar-refractivity contribution is 7.89. The van der Waals surface area contributed by atoms with Crippen LogP contribution in [-0.2, 0) is 20.3 Å². The predicted molar refractivity (Wildman–Crippen MR) is 76.3 cm³/mol. The molecule has 1 aromatic carbocycles. The summed E-state index contributed by atoms with van der Waals surface area (Å²) in [4.78, 5) is 14.1. The summed E-state index contributed by atoms with van der Waals surface area (Å²) in [5.41, 5.74) is 1.17. The summed E-state index contributed by atoms with van der Waals surface area (Å²) < 4.78 is 28.0. The third-order valence-electron chi connectivity index (χ3n) is 3.13. The van der Waals surface area contributed by atoms with Gasteiger partial charge in [-0.1, -0.05) is 12.1 Å². The summed E-state index contributed by atoms with van der Waals surface area (Å²) in [6.45, 7) is 3.60. The zero-order chi connectivity index (χ0) is 14.8. The molecular formula is C14H19NO4S. The lowest BCUT2D eigenvalue weighted by atomic mass is 10.1. The van der Waals surface area contributed by atoms with E-state index in [1.54, 1.807) is 29.2 Å². The lowest BCUT2D eigenvalue weighted by Gasteiger charge is -2.31. The number of hydrogen-bond donors (Lipinski definition) is 0. The van der Waals surface area contributed by atoms with E-state index in [1.165, 1.54) is 6.26 Å². The number of sulfone groups is 1. The van der Waals surface area contributed by atoms with E-state index in [2.05, 4.69) is 0 Å². The van der Waals surface area contributed by atoms with Crippen molar-refractivity contribution in [2.75, 3.05) is 26.0 Å². The number of amides is 1. The van der Waals surface area contributed by atoms with Crippen LogP contribution in [-0.4, -0.2) is 51.3 Å². The molecule has 20 heavy (non-hydrogen) atoms. The minimum atomic E-state index is -3.10. The van der Waals surface area contributed by atoms with Gasteiger partial charge in [0, 0.05) is 24.9 Å². The number of carbonyl (C=O) groups excluding carboxylic acids is 1. The van der Waals surface area contributed by atoms with Gasteiger partial charge in [0.1, 0.15) is 0 Å². The average molecular weight is 297 g/mol. The number of hydrogen-bond acceptors (Lipinski definition) is 4. The van der Waals surface area contributed by atoms with Gasteiger partial charge in [-0.3, -0.25) is 4.79 Å². The second-order valence-electron chi connectivity index (χ2n) is 5.20. The molecular weight excluding hydrogens is 278 g/mol. The van der Waals surface area contributed by atoms with Crippen LogP contribution in [0.4, 0.5) is 0 Å². The molecule has 1 fully saturated rings. The van der Waals surface area contributed by atoms with Gasteiger partial charge in [-0.25, -0.2) is 8.42 Å². The minimum absolute atomic E-state index is 0.0342. The minimum Gasteiger partial charge on any atom is -0.375 e. The Bertz CT molecular complexity index is 597. The van der Waals surface area contributed by atoms with Crippen LogP contribution < -0.4 is 0 Å². The SMILES string of the molecule is CC1CN(C(=O)c2cccc(CS(C)(=O)=O)c2)CCO1. The molecule has 1 aromatic rings. The van der Waals surface area contributed by atoms with Crippen LogP contribution in [0, 0.1) is 0 Å². The Balaban J connectivity index is 2.16. The van der Waals surface area contributed by atoms with Gasteiger partial charge >= 0.3 is 0 Å². The van der Waals surface area contributed by atoms with Crippen molar-refractivity contribution in [2.24, 2.45) is 0 Å². The monoisotopic (exact) mass is 297 g/mol. The summed E-state index contributed by atoms with van der Waals surface area (Å²) in [7, 11) is -3.10. The van der Waals surface area contributed by atoms with Gasteiger partial charge < -0.3 is 9.64 Å². The van der Waals surface area contributed by atoms with E-state index >= 15 is 0 Å². The molecule has 1 unspecified atom stereocenters. The van der Waals surface area contributed by atoms with Gasteiger partial charge in [-0.05, 0) is 24.6 Å². The highest BCUT2D eigenvalue weighted by atomic mass is 32.2. The third kappa shape index (κ3) is 4.05. The predicted octanol–water partition coefficient (Wildman–Crippen LogP) is 1.09. The lowest BCUT2D eigenvalue weighted by Crippen LogP contribution is -2.44. The van der Waals surface area contributed by atoms with E-state index in [9.17, 15) is 13.2 Å². The van der Waals surface area contributed by atoms with Gasteiger partial charge in [0.25, 0.3) is 5.91 Å². The topological polar surface area (TPSA) is 63.7 Å². The molecule has 0 N–H and O–H groups in total. The van der Waals surface area contributed by atoms with E-state index in [-0.39, 0.29) is 17.8 Å². The van der Waals surface area contributed by atoms with E-state index in [0.29, 0.717) is 30.8 Å². The average Bonchev–Trinajstić information content (AvgIpc) is 2.36. The molecule has 5 nitrogen and oxygen atoms in total. The fraction of sp³-hybridized carbons (Fsp3) is 0.500. The maximum atomic E-state index is 12.4. The number of morpholine rings is 1. The van der Waals surface area contributed by atoms with E-state index in [0.717, 1.165) is 0 Å². The third-order valence-corrected chi connectivity index (χ3v) is 3.99. The van der Waals surface area contributed by atoms with Crippen LogP contribution in [0.1, 0.15) is 22.8 Å². The zero-order valence-electron chi connectivity index (χ0n) is 11.7. The summed E-state index contributed by atoms with van der Waals surface area (Å²) in [6.07, 6.45) is 1.22. The van der Waals surface area contributed by atoms with Crippen LogP contribution in [0.2, 0.25) is 0 Å². The van der Waals surface area contributed by atoms with Crippen molar-refractivity contribution in [2.45, 2.75) is 18.8 Å². The highest BCUT2D eigenvalue weighted by Crippen LogP contribution is 2.13. The molecule has 1 heterocycles. The van der Waals surface area contributed by atoms with E-state index in [4.69, 9.17) is 4.74 Å². The Hall–Kier alpha value is -1.40. The fourth-order valence-corrected chi connectivity index (χ4v) is 3.07. The molecule has 1 aliphatic heterocycles. The fourth-order valence-electron chi connectivity index (χ4n) is 2.28. The molecule has 0 saturated carbocycles. The molecule has 1 atom stereocenters. The van der Waals surface area contributed by atoms with Crippen LogP contribution >= 0.6 is 0 Å². The maximum absolute atomic E-state index is 12.4. The molecule has 0 bridgehead atoms. The molecule has 0 spiro atoms. The molecule has 1 aliphatic rings. The van der Waals surface area contributed by atoms with Gasteiger partial charge in [0.2, 0.25) is 0 Å². The standard InChI is InChI=1S/C14H19NO4S/c1-11-9-15(6-7-19-11)14(16)13-5-3-4-12(8-13)10-20(2,17)18/h3-5,8,11H,6-7,9-10H2,1-2H3. The van der Waals surface area contributed by atoms with Crippen LogP contribution in [0.15, 0.2) is 24.3 Å². The number of ether oxygens (including phenoxy) is 1. The number of nitrogens with zero attached hydrogens (tertiary/aromatic N) is 1. The molecule has 1 saturated heterocycles. The van der Waals surface area contributed by atoms with E-state index < -0.39 is 9.84 Å². The van der Waals surface area contributed by atoms with Crippen molar-refractivity contribution in [1.29, 1.82) is 0 Å². The Labute approximate surface area is 119 Å². The first kappa shape index (κ1) is 15.0. The maximum Gasteiger partial charge on any atom is 0.254 e. The van der Waals surface area contributed by atoms with Gasteiger partial charge in [-0.2, -0.15) is 0 Å². The molecule has 0 aromatic heterocycles. The normalized spacial score (nSPS) is 19.9. The molecule has 0 aliphatic carbocycles. The van der Waals surface area contributed by atoms with Crippen molar-refractivity contribution in [3.05, 3.63) is 35.4 Å². The molecule has 6 heteroatoms. The number of carbonyl (C=O) groups is 1. The van der Waals surface area contributed by atoms with Crippen molar-refractivity contribution >= 4 is 15.7 Å². The second-order valence-corrected chi connectivity index (χ2v) is 7.34. The molecule has 0 radical (unpaired) electrons. The Morgan fingerprint density at radius 3 is 2.85 bits per heavy atom. The van der Waals surface area contributed by atoms with Crippen molar-refractivity contribution in [3.8, 4) is 0 Å². The second kappa shape index (κ2) is 5.93. The molecule has 1 amide bonds.